The van der Waals surface area contributed by atoms with Gasteiger partial charge in [-0.25, -0.2) is 4.39 Å². The van der Waals surface area contributed by atoms with Gasteiger partial charge in [0.2, 0.25) is 0 Å². The van der Waals surface area contributed by atoms with Gasteiger partial charge in [-0.15, -0.1) is 5.98 Å². The van der Waals surface area contributed by atoms with Crippen molar-refractivity contribution in [2.75, 3.05) is 0 Å². The van der Waals surface area contributed by atoms with Crippen LogP contribution in [0.3, 0.4) is 0 Å². The molecule has 0 bridgehead atoms. The molecule has 10 heavy (non-hydrogen) atoms. The molecule has 1 rings (SSSR count). The van der Waals surface area contributed by atoms with Crippen LogP contribution >= 0.6 is 0 Å². The predicted molar refractivity (Wildman–Crippen MR) is 41.2 cm³/mol. The summed E-state index contributed by atoms with van der Waals surface area (Å²) >= 11 is 0. The summed E-state index contributed by atoms with van der Waals surface area (Å²) in [5.41, 5.74) is 0.780. The lowest BCUT2D eigenvalue weighted by Gasteiger charge is -1.90. The van der Waals surface area contributed by atoms with Crippen LogP contribution in [-0.2, 0) is 0 Å². The van der Waals surface area contributed by atoms with E-state index in [0.717, 1.165) is 5.56 Å². The van der Waals surface area contributed by atoms with Gasteiger partial charge in [-0.05, 0) is 17.7 Å². The molecule has 0 fully saturated rings. The second-order valence-electron chi connectivity index (χ2n) is 1.91. The van der Waals surface area contributed by atoms with Crippen molar-refractivity contribution < 1.29 is 4.39 Å². The summed E-state index contributed by atoms with van der Waals surface area (Å²) in [6, 6.07) is 6.24. The Bertz CT molecular complexity index is 243. The maximum atomic E-state index is 12.4. The lowest BCUT2D eigenvalue weighted by atomic mass is 10.1. The van der Waals surface area contributed by atoms with Crippen molar-refractivity contribution in [1.29, 1.82) is 0 Å². The lowest BCUT2D eigenvalue weighted by Crippen LogP contribution is -1.74. The highest BCUT2D eigenvalue weighted by Crippen LogP contribution is 2.04. The van der Waals surface area contributed by atoms with Crippen molar-refractivity contribution in [2.24, 2.45) is 0 Å². The van der Waals surface area contributed by atoms with E-state index in [0.29, 0.717) is 0 Å². The van der Waals surface area contributed by atoms with Crippen molar-refractivity contribution >= 4 is 13.9 Å². The first-order chi connectivity index (χ1) is 4.83. The molecule has 0 amide bonds. The maximum absolute atomic E-state index is 12.4. The molecule has 0 unspecified atom stereocenters. The molecule has 1 aromatic carbocycles. The van der Waals surface area contributed by atoms with E-state index in [4.69, 9.17) is 7.85 Å². The monoisotopic (exact) mass is 132 g/mol. The number of rotatable bonds is 1. The van der Waals surface area contributed by atoms with Crippen LogP contribution in [0.4, 0.5) is 4.39 Å². The summed E-state index contributed by atoms with van der Waals surface area (Å²) in [5, 5.41) is 0. The van der Waals surface area contributed by atoms with Crippen LogP contribution in [0.1, 0.15) is 5.56 Å². The van der Waals surface area contributed by atoms with Gasteiger partial charge in [0, 0.05) is 0 Å². The van der Waals surface area contributed by atoms with Gasteiger partial charge < -0.3 is 0 Å². The Morgan fingerprint density at radius 1 is 1.40 bits per heavy atom. The molecule has 0 heterocycles. The number of hydrogen-bond donors (Lipinski definition) is 0. The average Bonchev–Trinajstić information content (AvgIpc) is 1.88. The third-order valence-electron chi connectivity index (χ3n) is 1.14. The molecule has 1 aromatic rings. The molecule has 0 nitrogen and oxygen atoms in total. The zero-order chi connectivity index (χ0) is 7.40. The Kier molecular flexibility index (Phi) is 2.27. The van der Waals surface area contributed by atoms with Crippen LogP contribution in [0.25, 0.3) is 6.08 Å². The Labute approximate surface area is 60.8 Å². The molecule has 0 atom stereocenters. The quantitative estimate of drug-likeness (QED) is 0.512. The van der Waals surface area contributed by atoms with Crippen LogP contribution in [0.5, 0.6) is 0 Å². The fourth-order valence-corrected chi connectivity index (χ4v) is 0.721. The van der Waals surface area contributed by atoms with Crippen LogP contribution < -0.4 is 0 Å². The van der Waals surface area contributed by atoms with Crippen molar-refractivity contribution in [1.82, 2.24) is 0 Å². The van der Waals surface area contributed by atoms with Crippen LogP contribution in [0.15, 0.2) is 30.2 Å². The van der Waals surface area contributed by atoms with E-state index in [9.17, 15) is 4.39 Å². The summed E-state index contributed by atoms with van der Waals surface area (Å²) in [4.78, 5) is 0. The van der Waals surface area contributed by atoms with E-state index in [1.165, 1.54) is 18.1 Å². The minimum Gasteiger partial charge on any atom is -0.207 e. The van der Waals surface area contributed by atoms with Crippen molar-refractivity contribution in [3.8, 4) is 0 Å². The summed E-state index contributed by atoms with van der Waals surface area (Å²) < 4.78 is 12.4. The maximum Gasteiger partial charge on any atom is 0.123 e. The van der Waals surface area contributed by atoms with Gasteiger partial charge in [0.05, 0.1) is 0 Å². The summed E-state index contributed by atoms with van der Waals surface area (Å²) in [7, 11) is 5.11. The molecule has 0 aromatic heterocycles. The highest BCUT2D eigenvalue weighted by atomic mass is 19.1. The second-order valence-corrected chi connectivity index (χ2v) is 1.91. The van der Waals surface area contributed by atoms with Gasteiger partial charge in [-0.1, -0.05) is 18.2 Å². The second kappa shape index (κ2) is 3.21. The molecule has 0 aliphatic heterocycles. The van der Waals surface area contributed by atoms with Gasteiger partial charge >= 0.3 is 0 Å². The van der Waals surface area contributed by atoms with Gasteiger partial charge in [0.25, 0.3) is 0 Å². The van der Waals surface area contributed by atoms with Gasteiger partial charge in [0.15, 0.2) is 0 Å². The summed E-state index contributed by atoms with van der Waals surface area (Å²) in [6.45, 7) is 0. The fraction of sp³-hybridized carbons (Fsp3) is 0. The molecule has 48 valence electrons. The van der Waals surface area contributed by atoms with E-state index < -0.39 is 0 Å². The van der Waals surface area contributed by atoms with Gasteiger partial charge in [0.1, 0.15) is 13.7 Å². The largest absolute Gasteiger partial charge is 0.207 e. The first-order valence-electron chi connectivity index (χ1n) is 2.97. The predicted octanol–water partition coefficient (Wildman–Crippen LogP) is 1.96. The van der Waals surface area contributed by atoms with Crippen molar-refractivity contribution in [3.63, 3.8) is 0 Å². The SMILES string of the molecule is [B]/C=C/c1cccc(F)c1. The van der Waals surface area contributed by atoms with E-state index >= 15 is 0 Å². The van der Waals surface area contributed by atoms with Gasteiger partial charge in [-0.2, -0.15) is 0 Å². The van der Waals surface area contributed by atoms with Crippen LogP contribution in [0, 0.1) is 5.82 Å². The topological polar surface area (TPSA) is 0 Å². The van der Waals surface area contributed by atoms with E-state index in [1.807, 2.05) is 0 Å². The van der Waals surface area contributed by atoms with Crippen molar-refractivity contribution in [2.45, 2.75) is 0 Å². The third kappa shape index (κ3) is 1.73. The average molecular weight is 132 g/mol. The van der Waals surface area contributed by atoms with Gasteiger partial charge in [-0.3, -0.25) is 0 Å². The fourth-order valence-electron chi connectivity index (χ4n) is 0.721. The number of hydrogen-bond acceptors (Lipinski definition) is 0. The molecular weight excluding hydrogens is 126 g/mol. The Hall–Kier alpha value is -1.05. The zero-order valence-corrected chi connectivity index (χ0v) is 5.42. The highest BCUT2D eigenvalue weighted by Gasteiger charge is 1.87. The molecule has 2 radical (unpaired) electrons. The van der Waals surface area contributed by atoms with Crippen molar-refractivity contribution in [3.05, 3.63) is 41.6 Å². The Balaban J connectivity index is 2.95. The molecule has 0 N–H and O–H groups in total. The zero-order valence-electron chi connectivity index (χ0n) is 5.42. The minimum atomic E-state index is -0.240. The van der Waals surface area contributed by atoms with Crippen LogP contribution in [0.2, 0.25) is 0 Å². The molecule has 2 heteroatoms. The first kappa shape index (κ1) is 7.07. The third-order valence-corrected chi connectivity index (χ3v) is 1.14. The Morgan fingerprint density at radius 3 is 2.80 bits per heavy atom. The smallest absolute Gasteiger partial charge is 0.123 e. The Morgan fingerprint density at radius 2 is 2.20 bits per heavy atom. The summed E-state index contributed by atoms with van der Waals surface area (Å²) in [5.74, 6) is 1.14. The van der Waals surface area contributed by atoms with E-state index in [2.05, 4.69) is 0 Å². The standard InChI is InChI=1S/C8H6BF/c9-5-4-7-2-1-3-8(10)6-7/h1-6H/b5-4+. The number of halogens is 1. The number of benzene rings is 1. The normalized spacial score (nSPS) is 10.5. The molecule has 0 saturated heterocycles. The first-order valence-corrected chi connectivity index (χ1v) is 2.97. The molecule has 0 aliphatic carbocycles. The van der Waals surface area contributed by atoms with Crippen LogP contribution in [-0.4, -0.2) is 7.85 Å². The molecule has 0 aliphatic rings. The molecule has 0 spiro atoms. The van der Waals surface area contributed by atoms with E-state index in [-0.39, 0.29) is 5.82 Å². The molecular formula is C8H6BF. The lowest BCUT2D eigenvalue weighted by molar-refractivity contribution is 0.627. The highest BCUT2D eigenvalue weighted by molar-refractivity contribution is 6.19. The molecule has 0 saturated carbocycles. The minimum absolute atomic E-state index is 0.240. The van der Waals surface area contributed by atoms with E-state index in [1.54, 1.807) is 18.2 Å². The summed E-state index contributed by atoms with van der Waals surface area (Å²) in [6.07, 6.45) is 1.64.